The quantitative estimate of drug-likeness (QED) is 0.598. The lowest BCUT2D eigenvalue weighted by Gasteiger charge is -2.13. The van der Waals surface area contributed by atoms with Crippen molar-refractivity contribution in [2.24, 2.45) is 0 Å². The summed E-state index contributed by atoms with van der Waals surface area (Å²) >= 11 is 0. The van der Waals surface area contributed by atoms with Crippen molar-refractivity contribution in [1.29, 1.82) is 0 Å². The number of hydrogen-bond donors (Lipinski definition) is 2. The van der Waals surface area contributed by atoms with Crippen LogP contribution < -0.4 is 4.74 Å². The highest BCUT2D eigenvalue weighted by molar-refractivity contribution is 6.04. The van der Waals surface area contributed by atoms with Crippen molar-refractivity contribution in [1.82, 2.24) is 9.78 Å². The molecule has 1 fully saturated rings. The van der Waals surface area contributed by atoms with Gasteiger partial charge in [0.1, 0.15) is 5.75 Å². The van der Waals surface area contributed by atoms with Gasteiger partial charge in [0, 0.05) is 18.4 Å². The number of carboxylic acids is 1. The van der Waals surface area contributed by atoms with Gasteiger partial charge in [-0.1, -0.05) is 25.0 Å². The first-order valence-electron chi connectivity index (χ1n) is 9.76. The lowest BCUT2D eigenvalue weighted by atomic mass is 10.00. The second kappa shape index (κ2) is 8.02. The minimum atomic E-state index is -0.943. The molecule has 0 unspecified atom stereocenters. The van der Waals surface area contributed by atoms with Crippen molar-refractivity contribution < 1.29 is 19.7 Å². The maximum absolute atomic E-state index is 11.9. The summed E-state index contributed by atoms with van der Waals surface area (Å²) in [4.78, 5) is 11.9. The monoisotopic (exact) mass is 380 g/mol. The Bertz CT molecular complexity index is 972. The predicted molar refractivity (Wildman–Crippen MR) is 107 cm³/mol. The first-order chi connectivity index (χ1) is 13.7. The number of rotatable bonds is 7. The van der Waals surface area contributed by atoms with Crippen molar-refractivity contribution in [2.45, 2.75) is 38.1 Å². The summed E-state index contributed by atoms with van der Waals surface area (Å²) in [5.74, 6) is -0.213. The molecular formula is C22H24N2O4. The van der Waals surface area contributed by atoms with Crippen LogP contribution in [-0.2, 0) is 0 Å². The number of carbonyl (C=O) groups is 1. The van der Waals surface area contributed by atoms with Crippen LogP contribution in [0.4, 0.5) is 0 Å². The third-order valence-electron chi connectivity index (χ3n) is 5.38. The molecule has 1 aliphatic rings. The van der Waals surface area contributed by atoms with Crippen LogP contribution in [0.5, 0.6) is 5.75 Å². The molecule has 4 rings (SSSR count). The third-order valence-corrected chi connectivity index (χ3v) is 5.38. The number of nitrogens with zero attached hydrogens (tertiary/aromatic N) is 2. The van der Waals surface area contributed by atoms with E-state index in [0.717, 1.165) is 35.2 Å². The summed E-state index contributed by atoms with van der Waals surface area (Å²) in [6, 6.07) is 11.7. The minimum Gasteiger partial charge on any atom is -0.494 e. The summed E-state index contributed by atoms with van der Waals surface area (Å²) in [5, 5.41) is 23.8. The second-order valence-corrected chi connectivity index (χ2v) is 7.24. The van der Waals surface area contributed by atoms with Gasteiger partial charge in [0.2, 0.25) is 0 Å². The summed E-state index contributed by atoms with van der Waals surface area (Å²) in [5.41, 5.74) is 2.94. The van der Waals surface area contributed by atoms with Gasteiger partial charge >= 0.3 is 5.97 Å². The number of aliphatic hydroxyl groups excluding tert-OH is 1. The summed E-state index contributed by atoms with van der Waals surface area (Å²) in [6.07, 6.45) is 6.82. The normalized spacial score (nSPS) is 14.6. The third kappa shape index (κ3) is 3.60. The van der Waals surface area contributed by atoms with E-state index in [0.29, 0.717) is 24.5 Å². The Hall–Kier alpha value is -2.86. The maximum atomic E-state index is 11.9. The number of aromatic carboxylic acids is 1. The second-order valence-electron chi connectivity index (χ2n) is 7.24. The van der Waals surface area contributed by atoms with Gasteiger partial charge in [0.25, 0.3) is 0 Å². The van der Waals surface area contributed by atoms with Crippen molar-refractivity contribution in [2.75, 3.05) is 13.2 Å². The molecule has 0 bridgehead atoms. The topological polar surface area (TPSA) is 84.6 Å². The molecule has 0 aliphatic heterocycles. The molecule has 1 aliphatic carbocycles. The van der Waals surface area contributed by atoms with E-state index in [4.69, 9.17) is 9.84 Å². The number of benzene rings is 2. The van der Waals surface area contributed by atoms with Gasteiger partial charge in [-0.25, -0.2) is 4.79 Å². The van der Waals surface area contributed by atoms with Crippen LogP contribution in [0, 0.1) is 0 Å². The van der Waals surface area contributed by atoms with E-state index in [2.05, 4.69) is 5.10 Å². The van der Waals surface area contributed by atoms with Gasteiger partial charge in [-0.05, 0) is 48.2 Å². The van der Waals surface area contributed by atoms with Gasteiger partial charge in [-0.2, -0.15) is 5.10 Å². The smallest absolute Gasteiger partial charge is 0.336 e. The average Bonchev–Trinajstić information content (AvgIpc) is 3.37. The van der Waals surface area contributed by atoms with Crippen LogP contribution in [0.25, 0.3) is 22.0 Å². The van der Waals surface area contributed by atoms with Crippen molar-refractivity contribution in [3.63, 3.8) is 0 Å². The number of fused-ring (bicyclic) bond motifs is 1. The van der Waals surface area contributed by atoms with Gasteiger partial charge in [-0.3, -0.25) is 4.68 Å². The molecular weight excluding hydrogens is 356 g/mol. The first kappa shape index (κ1) is 18.5. The highest BCUT2D eigenvalue weighted by Crippen LogP contribution is 2.35. The summed E-state index contributed by atoms with van der Waals surface area (Å²) < 4.78 is 7.58. The van der Waals surface area contributed by atoms with Crippen molar-refractivity contribution >= 4 is 16.9 Å². The zero-order valence-corrected chi connectivity index (χ0v) is 15.7. The summed E-state index contributed by atoms with van der Waals surface area (Å²) in [6.45, 7) is 0.566. The average molecular weight is 380 g/mol. The van der Waals surface area contributed by atoms with E-state index in [1.54, 1.807) is 12.3 Å². The number of ether oxygens (including phenoxy) is 1. The zero-order valence-electron chi connectivity index (χ0n) is 15.7. The van der Waals surface area contributed by atoms with E-state index in [1.165, 1.54) is 12.8 Å². The summed E-state index contributed by atoms with van der Waals surface area (Å²) in [7, 11) is 0. The maximum Gasteiger partial charge on any atom is 0.336 e. The molecule has 0 spiro atoms. The van der Waals surface area contributed by atoms with Crippen molar-refractivity contribution in [3.05, 3.63) is 48.2 Å². The highest BCUT2D eigenvalue weighted by Gasteiger charge is 2.22. The van der Waals surface area contributed by atoms with Gasteiger partial charge in [0.05, 0.1) is 29.9 Å². The van der Waals surface area contributed by atoms with Gasteiger partial charge in [-0.15, -0.1) is 0 Å². The van der Waals surface area contributed by atoms with Gasteiger partial charge < -0.3 is 14.9 Å². The largest absolute Gasteiger partial charge is 0.494 e. The number of carboxylic acid groups (broad SMARTS) is 1. The van der Waals surface area contributed by atoms with Crippen LogP contribution in [0.1, 0.15) is 48.5 Å². The molecule has 0 amide bonds. The molecule has 1 aromatic heterocycles. The standard InChI is InChI=1S/C22H24N2O4/c25-10-3-11-28-18-8-6-15(7-9-18)16-12-19(22(26)27)20-14-23-24(21(20)13-16)17-4-1-2-5-17/h6-9,12-14,17,25H,1-5,10-11H2,(H,26,27). The van der Waals surface area contributed by atoms with Crippen LogP contribution >= 0.6 is 0 Å². The highest BCUT2D eigenvalue weighted by atomic mass is 16.5. The fraction of sp³-hybridized carbons (Fsp3) is 0.364. The van der Waals surface area contributed by atoms with Crippen molar-refractivity contribution in [3.8, 4) is 16.9 Å². The number of hydrogen-bond acceptors (Lipinski definition) is 4. The molecule has 2 N–H and O–H groups in total. The number of aliphatic hydroxyl groups is 1. The van der Waals surface area contributed by atoms with Gasteiger partial charge in [0.15, 0.2) is 0 Å². The van der Waals surface area contributed by atoms with E-state index in [1.807, 2.05) is 35.0 Å². The number of aromatic nitrogens is 2. The molecule has 28 heavy (non-hydrogen) atoms. The fourth-order valence-corrected chi connectivity index (χ4v) is 3.93. The Morgan fingerprint density at radius 2 is 1.89 bits per heavy atom. The van der Waals surface area contributed by atoms with E-state index >= 15 is 0 Å². The molecule has 0 saturated heterocycles. The molecule has 1 heterocycles. The molecule has 3 aromatic rings. The zero-order chi connectivity index (χ0) is 19.5. The Balaban J connectivity index is 1.72. The van der Waals surface area contributed by atoms with E-state index < -0.39 is 5.97 Å². The lowest BCUT2D eigenvalue weighted by molar-refractivity contribution is 0.0699. The Morgan fingerprint density at radius 1 is 1.14 bits per heavy atom. The predicted octanol–water partition coefficient (Wildman–Crippen LogP) is 4.28. The molecule has 0 atom stereocenters. The molecule has 146 valence electrons. The van der Waals surface area contributed by atoms with Crippen LogP contribution in [0.15, 0.2) is 42.6 Å². The van der Waals surface area contributed by atoms with E-state index in [-0.39, 0.29) is 12.2 Å². The minimum absolute atomic E-state index is 0.102. The Labute approximate surface area is 163 Å². The van der Waals surface area contributed by atoms with E-state index in [9.17, 15) is 9.90 Å². The SMILES string of the molecule is O=C(O)c1cc(-c2ccc(OCCCO)cc2)cc2c1cnn2C1CCCC1. The molecule has 1 saturated carbocycles. The first-order valence-corrected chi connectivity index (χ1v) is 9.76. The Kier molecular flexibility index (Phi) is 5.30. The van der Waals surface area contributed by atoms with Crippen LogP contribution in [0.3, 0.4) is 0 Å². The van der Waals surface area contributed by atoms with Crippen LogP contribution in [0.2, 0.25) is 0 Å². The molecule has 6 heteroatoms. The van der Waals surface area contributed by atoms with Crippen LogP contribution in [-0.4, -0.2) is 39.2 Å². The Morgan fingerprint density at radius 3 is 2.57 bits per heavy atom. The molecule has 6 nitrogen and oxygen atoms in total. The lowest BCUT2D eigenvalue weighted by Crippen LogP contribution is -2.06. The molecule has 2 aromatic carbocycles. The molecule has 0 radical (unpaired) electrons. The fourth-order valence-electron chi connectivity index (χ4n) is 3.93.